The van der Waals surface area contributed by atoms with Crippen molar-refractivity contribution in [3.63, 3.8) is 0 Å². The molecule has 0 heterocycles. The van der Waals surface area contributed by atoms with Crippen LogP contribution in [0.1, 0.15) is 44.1 Å². The number of hydrogen-bond acceptors (Lipinski definition) is 1. The van der Waals surface area contributed by atoms with Crippen molar-refractivity contribution in [2.75, 3.05) is 20.6 Å². The number of halogens is 2. The molecule has 0 atom stereocenters. The van der Waals surface area contributed by atoms with Gasteiger partial charge in [0, 0.05) is 11.6 Å². The molecule has 1 aliphatic carbocycles. The minimum absolute atomic E-state index is 0. The van der Waals surface area contributed by atoms with Crippen molar-refractivity contribution < 1.29 is 0 Å². The van der Waals surface area contributed by atoms with Crippen LogP contribution in [-0.2, 0) is 6.42 Å². The zero-order chi connectivity index (χ0) is 14.4. The summed E-state index contributed by atoms with van der Waals surface area (Å²) in [6.45, 7) is 1.11. The van der Waals surface area contributed by atoms with Gasteiger partial charge in [0.25, 0.3) is 0 Å². The standard InChI is InChI=1S/C18H26ClN.ClH/c1-20(2)14-17-8-6-4-3-5-7-16(17)13-15-9-11-18(19)12-10-15;/h9-12H,3-8,13-14H2,1-2H3;1H/b17-16-;. The zero-order valence-electron chi connectivity index (χ0n) is 13.2. The van der Waals surface area contributed by atoms with Crippen LogP contribution in [-0.4, -0.2) is 25.5 Å². The molecule has 0 saturated carbocycles. The van der Waals surface area contributed by atoms with Gasteiger partial charge in [-0.3, -0.25) is 0 Å². The Kier molecular flexibility index (Phi) is 8.39. The van der Waals surface area contributed by atoms with E-state index in [1.807, 2.05) is 12.1 Å². The molecule has 0 amide bonds. The van der Waals surface area contributed by atoms with Gasteiger partial charge in [-0.05, 0) is 63.9 Å². The first-order valence-electron chi connectivity index (χ1n) is 7.74. The van der Waals surface area contributed by atoms with E-state index in [4.69, 9.17) is 11.6 Å². The highest BCUT2D eigenvalue weighted by molar-refractivity contribution is 6.30. The molecule has 1 aliphatic rings. The third-order valence-corrected chi connectivity index (χ3v) is 4.30. The molecule has 0 spiro atoms. The van der Waals surface area contributed by atoms with E-state index in [0.717, 1.165) is 18.0 Å². The summed E-state index contributed by atoms with van der Waals surface area (Å²) in [5, 5.41) is 0.828. The third-order valence-electron chi connectivity index (χ3n) is 4.04. The van der Waals surface area contributed by atoms with Gasteiger partial charge < -0.3 is 4.90 Å². The van der Waals surface area contributed by atoms with Crippen LogP contribution in [0.5, 0.6) is 0 Å². The van der Waals surface area contributed by atoms with E-state index in [0.29, 0.717) is 0 Å². The van der Waals surface area contributed by atoms with Gasteiger partial charge in [-0.2, -0.15) is 0 Å². The van der Waals surface area contributed by atoms with Crippen LogP contribution in [0.25, 0.3) is 0 Å². The summed E-state index contributed by atoms with van der Waals surface area (Å²) in [4.78, 5) is 2.30. The quantitative estimate of drug-likeness (QED) is 0.658. The van der Waals surface area contributed by atoms with E-state index in [9.17, 15) is 0 Å². The molecule has 118 valence electrons. The maximum Gasteiger partial charge on any atom is 0.0406 e. The number of nitrogens with zero attached hydrogens (tertiary/aromatic N) is 1. The van der Waals surface area contributed by atoms with Crippen molar-refractivity contribution in [3.05, 3.63) is 46.0 Å². The normalized spacial score (nSPS) is 19.8. The number of allylic oxidation sites excluding steroid dienone is 1. The lowest BCUT2D eigenvalue weighted by atomic mass is 9.89. The topological polar surface area (TPSA) is 3.24 Å². The predicted octanol–water partition coefficient (Wildman–Crippen LogP) is 5.52. The molecule has 0 unspecified atom stereocenters. The Morgan fingerprint density at radius 1 is 0.905 bits per heavy atom. The summed E-state index contributed by atoms with van der Waals surface area (Å²) in [7, 11) is 4.34. The van der Waals surface area contributed by atoms with Gasteiger partial charge in [0.15, 0.2) is 0 Å². The number of likely N-dealkylation sites (N-methyl/N-ethyl adjacent to an activating group) is 1. The van der Waals surface area contributed by atoms with Gasteiger partial charge in [-0.1, -0.05) is 47.7 Å². The maximum atomic E-state index is 5.98. The molecule has 0 aromatic heterocycles. The summed E-state index contributed by atoms with van der Waals surface area (Å²) >= 11 is 5.98. The SMILES string of the molecule is CN(C)C/C1=C(\Cc2ccc(Cl)cc2)CCCCCC1.Cl. The molecule has 0 radical (unpaired) electrons. The Balaban J connectivity index is 0.00000220. The Morgan fingerprint density at radius 3 is 2.05 bits per heavy atom. The Bertz CT molecular complexity index is 449. The molecule has 0 bridgehead atoms. The van der Waals surface area contributed by atoms with Crippen LogP contribution in [0.3, 0.4) is 0 Å². The molecule has 1 aromatic rings. The van der Waals surface area contributed by atoms with Crippen LogP contribution in [0.15, 0.2) is 35.4 Å². The fraction of sp³-hybridized carbons (Fsp3) is 0.556. The molecule has 21 heavy (non-hydrogen) atoms. The van der Waals surface area contributed by atoms with Crippen LogP contribution in [0, 0.1) is 0 Å². The summed E-state index contributed by atoms with van der Waals surface area (Å²) in [5.74, 6) is 0. The molecular weight excluding hydrogens is 301 g/mol. The fourth-order valence-electron chi connectivity index (χ4n) is 3.02. The van der Waals surface area contributed by atoms with Crippen molar-refractivity contribution in [3.8, 4) is 0 Å². The van der Waals surface area contributed by atoms with Crippen molar-refractivity contribution in [2.45, 2.75) is 44.9 Å². The van der Waals surface area contributed by atoms with E-state index in [2.05, 4.69) is 31.1 Å². The molecule has 1 nitrogen and oxygen atoms in total. The largest absolute Gasteiger partial charge is 0.305 e. The predicted molar refractivity (Wildman–Crippen MR) is 95.7 cm³/mol. The molecule has 0 N–H and O–H groups in total. The summed E-state index contributed by atoms with van der Waals surface area (Å²) in [6.07, 6.45) is 9.13. The molecule has 0 saturated heterocycles. The molecular formula is C18H27Cl2N. The van der Waals surface area contributed by atoms with Gasteiger partial charge in [0.2, 0.25) is 0 Å². The van der Waals surface area contributed by atoms with Crippen LogP contribution in [0.2, 0.25) is 5.02 Å². The first kappa shape index (κ1) is 18.5. The Morgan fingerprint density at radius 2 is 1.48 bits per heavy atom. The average Bonchev–Trinajstić information content (AvgIpc) is 2.39. The Hall–Kier alpha value is -0.500. The third kappa shape index (κ3) is 6.42. The summed E-state index contributed by atoms with van der Waals surface area (Å²) in [5.41, 5.74) is 4.73. The van der Waals surface area contributed by atoms with Gasteiger partial charge in [0.1, 0.15) is 0 Å². The first-order chi connectivity index (χ1) is 9.65. The van der Waals surface area contributed by atoms with E-state index in [1.165, 1.54) is 44.1 Å². The van der Waals surface area contributed by atoms with Gasteiger partial charge in [-0.25, -0.2) is 0 Å². The van der Waals surface area contributed by atoms with Crippen LogP contribution < -0.4 is 0 Å². The van der Waals surface area contributed by atoms with Crippen molar-refractivity contribution in [1.82, 2.24) is 4.90 Å². The van der Waals surface area contributed by atoms with E-state index < -0.39 is 0 Å². The minimum Gasteiger partial charge on any atom is -0.305 e. The number of hydrogen-bond donors (Lipinski definition) is 0. The minimum atomic E-state index is 0. The lowest BCUT2D eigenvalue weighted by Gasteiger charge is -2.21. The van der Waals surface area contributed by atoms with Gasteiger partial charge >= 0.3 is 0 Å². The zero-order valence-corrected chi connectivity index (χ0v) is 14.8. The van der Waals surface area contributed by atoms with Crippen molar-refractivity contribution in [2.24, 2.45) is 0 Å². The summed E-state index contributed by atoms with van der Waals surface area (Å²) in [6, 6.07) is 8.35. The molecule has 1 aromatic carbocycles. The molecule has 3 heteroatoms. The van der Waals surface area contributed by atoms with Crippen molar-refractivity contribution >= 4 is 24.0 Å². The second-order valence-corrected chi connectivity index (χ2v) is 6.60. The van der Waals surface area contributed by atoms with E-state index in [-0.39, 0.29) is 12.4 Å². The second kappa shape index (κ2) is 9.50. The van der Waals surface area contributed by atoms with Crippen molar-refractivity contribution in [1.29, 1.82) is 0 Å². The molecule has 0 fully saturated rings. The van der Waals surface area contributed by atoms with E-state index in [1.54, 1.807) is 11.1 Å². The highest BCUT2D eigenvalue weighted by Crippen LogP contribution is 2.26. The van der Waals surface area contributed by atoms with E-state index >= 15 is 0 Å². The molecule has 0 aliphatic heterocycles. The Labute approximate surface area is 140 Å². The number of rotatable bonds is 4. The number of benzene rings is 1. The maximum absolute atomic E-state index is 5.98. The monoisotopic (exact) mass is 327 g/mol. The highest BCUT2D eigenvalue weighted by Gasteiger charge is 2.12. The van der Waals surface area contributed by atoms with Crippen LogP contribution >= 0.6 is 24.0 Å². The highest BCUT2D eigenvalue weighted by atomic mass is 35.5. The van der Waals surface area contributed by atoms with Gasteiger partial charge in [0.05, 0.1) is 0 Å². The average molecular weight is 328 g/mol. The van der Waals surface area contributed by atoms with Gasteiger partial charge in [-0.15, -0.1) is 12.4 Å². The second-order valence-electron chi connectivity index (χ2n) is 6.16. The lowest BCUT2D eigenvalue weighted by Crippen LogP contribution is -2.17. The van der Waals surface area contributed by atoms with Crippen LogP contribution in [0.4, 0.5) is 0 Å². The first-order valence-corrected chi connectivity index (χ1v) is 8.12. The summed E-state index contributed by atoms with van der Waals surface area (Å²) < 4.78 is 0. The fourth-order valence-corrected chi connectivity index (χ4v) is 3.14. The molecule has 2 rings (SSSR count). The smallest absolute Gasteiger partial charge is 0.0406 e. The lowest BCUT2D eigenvalue weighted by molar-refractivity contribution is 0.429.